The van der Waals surface area contributed by atoms with E-state index in [0.717, 1.165) is 48.2 Å². The molecule has 0 radical (unpaired) electrons. The van der Waals surface area contributed by atoms with Gasteiger partial charge in [0.05, 0.1) is 24.6 Å². The lowest BCUT2D eigenvalue weighted by atomic mass is 10.1. The molecule has 2 N–H and O–H groups in total. The summed E-state index contributed by atoms with van der Waals surface area (Å²) < 4.78 is 10.3. The molecule has 0 saturated carbocycles. The van der Waals surface area contributed by atoms with Gasteiger partial charge in [0.15, 0.2) is 0 Å². The van der Waals surface area contributed by atoms with Crippen LogP contribution >= 0.6 is 0 Å². The molecule has 0 aliphatic heterocycles. The van der Waals surface area contributed by atoms with E-state index in [-0.39, 0.29) is 11.9 Å². The maximum atomic E-state index is 12.2. The van der Waals surface area contributed by atoms with Gasteiger partial charge in [-0.2, -0.15) is 0 Å². The Balaban J connectivity index is 2.43. The minimum absolute atomic E-state index is 0.328. The number of hydrogen-bond donors (Lipinski definition) is 2. The average molecular weight is 360 g/mol. The normalized spacial score (nSPS) is 10.8. The van der Waals surface area contributed by atoms with Crippen molar-refractivity contribution in [3.63, 3.8) is 0 Å². The van der Waals surface area contributed by atoms with Crippen molar-refractivity contribution in [3.8, 4) is 11.4 Å². The van der Waals surface area contributed by atoms with E-state index < -0.39 is 0 Å². The quantitative estimate of drug-likeness (QED) is 0.654. The minimum atomic E-state index is -0.354. The molecule has 0 atom stereocenters. The van der Waals surface area contributed by atoms with Gasteiger partial charge >= 0.3 is 11.9 Å². The fourth-order valence-corrected chi connectivity index (χ4v) is 2.99. The third-order valence-corrected chi connectivity index (χ3v) is 4.09. The summed E-state index contributed by atoms with van der Waals surface area (Å²) in [5.74, 6) is -0.707. The van der Waals surface area contributed by atoms with Crippen molar-refractivity contribution in [2.75, 3.05) is 13.2 Å². The molecule has 2 aromatic rings. The average Bonchev–Trinajstić information content (AvgIpc) is 3.20. The van der Waals surface area contributed by atoms with Crippen molar-refractivity contribution in [1.82, 2.24) is 9.97 Å². The maximum Gasteiger partial charge on any atom is 0.355 e. The Bertz CT molecular complexity index is 694. The molecule has 0 bridgehead atoms. The largest absolute Gasteiger partial charge is 0.461 e. The number of ether oxygens (including phenoxy) is 2. The highest BCUT2D eigenvalue weighted by molar-refractivity contribution is 5.92. The molecular weight excluding hydrogens is 332 g/mol. The summed E-state index contributed by atoms with van der Waals surface area (Å²) >= 11 is 0. The standard InChI is InChI=1S/C20H28N2O4/c1-5-9-13-11-15(21-17(13)19(23)25-7-3)16-12-14(10-6-2)18(22-16)20(24)26-8-4/h11-12,21-22H,5-10H2,1-4H3. The Hall–Kier alpha value is -2.50. The molecule has 26 heavy (non-hydrogen) atoms. The topological polar surface area (TPSA) is 84.2 Å². The number of aryl methyl sites for hydroxylation is 2. The van der Waals surface area contributed by atoms with Crippen LogP contribution in [-0.2, 0) is 22.3 Å². The number of carbonyl (C=O) groups is 2. The predicted molar refractivity (Wildman–Crippen MR) is 100 cm³/mol. The predicted octanol–water partition coefficient (Wildman–Crippen LogP) is 4.27. The zero-order chi connectivity index (χ0) is 19.1. The zero-order valence-electron chi connectivity index (χ0n) is 16.0. The van der Waals surface area contributed by atoms with Crippen LogP contribution in [0.4, 0.5) is 0 Å². The fourth-order valence-electron chi connectivity index (χ4n) is 2.99. The van der Waals surface area contributed by atoms with Gasteiger partial charge in [0.2, 0.25) is 0 Å². The van der Waals surface area contributed by atoms with Crippen molar-refractivity contribution in [2.24, 2.45) is 0 Å². The van der Waals surface area contributed by atoms with Gasteiger partial charge in [-0.15, -0.1) is 0 Å². The van der Waals surface area contributed by atoms with E-state index >= 15 is 0 Å². The van der Waals surface area contributed by atoms with Gasteiger partial charge in [-0.25, -0.2) is 9.59 Å². The number of nitrogens with one attached hydrogen (secondary N) is 2. The van der Waals surface area contributed by atoms with Gasteiger partial charge in [0.25, 0.3) is 0 Å². The second-order valence-corrected chi connectivity index (χ2v) is 6.11. The lowest BCUT2D eigenvalue weighted by molar-refractivity contribution is 0.0509. The lowest BCUT2D eigenvalue weighted by Crippen LogP contribution is -2.08. The molecule has 2 rings (SSSR count). The Labute approximate surface area is 154 Å². The van der Waals surface area contributed by atoms with Crippen LogP contribution in [0.15, 0.2) is 12.1 Å². The first-order valence-corrected chi connectivity index (χ1v) is 9.33. The summed E-state index contributed by atoms with van der Waals surface area (Å²) in [5.41, 5.74) is 4.34. The van der Waals surface area contributed by atoms with Gasteiger partial charge in [-0.1, -0.05) is 26.7 Å². The van der Waals surface area contributed by atoms with Crippen LogP contribution in [0.2, 0.25) is 0 Å². The first kappa shape index (κ1) is 19.8. The van der Waals surface area contributed by atoms with Crippen LogP contribution in [0.5, 0.6) is 0 Å². The van der Waals surface area contributed by atoms with E-state index in [1.165, 1.54) is 0 Å². The number of H-pyrrole nitrogens is 2. The van der Waals surface area contributed by atoms with E-state index in [2.05, 4.69) is 23.8 Å². The van der Waals surface area contributed by atoms with E-state index in [0.29, 0.717) is 24.6 Å². The van der Waals surface area contributed by atoms with E-state index in [9.17, 15) is 9.59 Å². The molecule has 2 heterocycles. The lowest BCUT2D eigenvalue weighted by Gasteiger charge is -2.02. The second kappa shape index (κ2) is 9.27. The van der Waals surface area contributed by atoms with Crippen LogP contribution in [0.3, 0.4) is 0 Å². The molecule has 0 aromatic carbocycles. The maximum absolute atomic E-state index is 12.2. The van der Waals surface area contributed by atoms with Crippen LogP contribution in [-0.4, -0.2) is 35.1 Å². The van der Waals surface area contributed by atoms with Crippen LogP contribution in [0.25, 0.3) is 11.4 Å². The van der Waals surface area contributed by atoms with Gasteiger partial charge in [0, 0.05) is 0 Å². The molecule has 6 nitrogen and oxygen atoms in total. The van der Waals surface area contributed by atoms with Crippen LogP contribution in [0.1, 0.15) is 72.6 Å². The third-order valence-electron chi connectivity index (χ3n) is 4.09. The number of rotatable bonds is 9. The van der Waals surface area contributed by atoms with Gasteiger partial charge in [-0.3, -0.25) is 0 Å². The molecule has 0 fully saturated rings. The summed E-state index contributed by atoms with van der Waals surface area (Å²) in [4.78, 5) is 30.8. The highest BCUT2D eigenvalue weighted by atomic mass is 16.5. The molecule has 0 amide bonds. The number of hydrogen-bond acceptors (Lipinski definition) is 4. The minimum Gasteiger partial charge on any atom is -0.461 e. The van der Waals surface area contributed by atoms with Gasteiger partial charge in [0.1, 0.15) is 11.4 Å². The number of aromatic amines is 2. The van der Waals surface area contributed by atoms with Crippen molar-refractivity contribution < 1.29 is 19.1 Å². The van der Waals surface area contributed by atoms with Crippen molar-refractivity contribution in [1.29, 1.82) is 0 Å². The Morgan fingerprint density at radius 2 is 1.15 bits per heavy atom. The molecule has 2 aromatic heterocycles. The van der Waals surface area contributed by atoms with E-state index in [4.69, 9.17) is 9.47 Å². The molecular formula is C20H28N2O4. The highest BCUT2D eigenvalue weighted by Gasteiger charge is 2.21. The monoisotopic (exact) mass is 360 g/mol. The fraction of sp³-hybridized carbons (Fsp3) is 0.500. The zero-order valence-corrected chi connectivity index (χ0v) is 16.0. The summed E-state index contributed by atoms with van der Waals surface area (Å²) in [7, 11) is 0. The Morgan fingerprint density at radius 3 is 1.46 bits per heavy atom. The highest BCUT2D eigenvalue weighted by Crippen LogP contribution is 2.26. The summed E-state index contributed by atoms with van der Waals surface area (Å²) in [6.07, 6.45) is 3.39. The number of carbonyl (C=O) groups excluding carboxylic acids is 2. The van der Waals surface area contributed by atoms with Crippen molar-refractivity contribution in [3.05, 3.63) is 34.6 Å². The molecule has 0 saturated heterocycles. The van der Waals surface area contributed by atoms with Crippen LogP contribution in [0, 0.1) is 0 Å². The smallest absolute Gasteiger partial charge is 0.355 e. The molecule has 0 unspecified atom stereocenters. The molecule has 142 valence electrons. The summed E-state index contributed by atoms with van der Waals surface area (Å²) in [5, 5.41) is 0. The van der Waals surface area contributed by atoms with E-state index in [1.54, 1.807) is 13.8 Å². The third kappa shape index (κ3) is 4.36. The number of aromatic nitrogens is 2. The molecule has 0 spiro atoms. The summed E-state index contributed by atoms with van der Waals surface area (Å²) in [6, 6.07) is 3.90. The van der Waals surface area contributed by atoms with Crippen molar-refractivity contribution in [2.45, 2.75) is 53.4 Å². The number of esters is 2. The molecule has 6 heteroatoms. The van der Waals surface area contributed by atoms with Gasteiger partial charge < -0.3 is 19.4 Å². The van der Waals surface area contributed by atoms with Crippen LogP contribution < -0.4 is 0 Å². The van der Waals surface area contributed by atoms with E-state index in [1.807, 2.05) is 12.1 Å². The Morgan fingerprint density at radius 1 is 0.769 bits per heavy atom. The molecule has 0 aliphatic rings. The first-order valence-electron chi connectivity index (χ1n) is 9.33. The van der Waals surface area contributed by atoms with Crippen molar-refractivity contribution >= 4 is 11.9 Å². The first-order chi connectivity index (χ1) is 12.5. The second-order valence-electron chi connectivity index (χ2n) is 6.11. The summed E-state index contributed by atoms with van der Waals surface area (Å²) in [6.45, 7) is 8.36. The SMILES string of the molecule is CCCc1cc(-c2cc(CCC)c(C(=O)OCC)[nH]2)[nH]c1C(=O)OCC. The Kier molecular flexibility index (Phi) is 7.06. The van der Waals surface area contributed by atoms with Gasteiger partial charge in [-0.05, 0) is 49.9 Å². The molecule has 0 aliphatic carbocycles.